The number of nitrogens with one attached hydrogen (secondary N) is 2. The van der Waals surface area contributed by atoms with Crippen molar-refractivity contribution in [2.75, 3.05) is 17.7 Å². The Hall–Kier alpha value is -1.88. The maximum absolute atomic E-state index is 12.0. The topological polar surface area (TPSA) is 54.0 Å². The first-order valence-electron chi connectivity index (χ1n) is 5.22. The van der Waals surface area contributed by atoms with Gasteiger partial charge in [0.15, 0.2) is 5.13 Å². The third-order valence-corrected chi connectivity index (χ3v) is 3.42. The third-order valence-electron chi connectivity index (χ3n) is 2.25. The van der Waals surface area contributed by atoms with Crippen LogP contribution in [0.1, 0.15) is 15.4 Å². The van der Waals surface area contributed by atoms with Gasteiger partial charge in [-0.1, -0.05) is 29.5 Å². The maximum atomic E-state index is 12.0. The normalized spacial score (nSPS) is 10.0. The van der Waals surface area contributed by atoms with E-state index >= 15 is 0 Å². The molecule has 0 saturated carbocycles. The molecule has 0 aliphatic rings. The van der Waals surface area contributed by atoms with Gasteiger partial charge in [0, 0.05) is 12.7 Å². The molecular weight excluding hydrogens is 234 g/mol. The molecule has 2 rings (SSSR count). The number of para-hydroxylation sites is 1. The first-order chi connectivity index (χ1) is 8.20. The lowest BCUT2D eigenvalue weighted by atomic mass is 10.3. The zero-order chi connectivity index (χ0) is 12.3. The standard InChI is InChI=1S/C12H13N3OS/c1-8-10(17-12(13-2)14-8)11(16)15-9-6-4-3-5-7-9/h3-7H,1-2H3,(H,13,14)(H,15,16). The molecule has 0 spiro atoms. The number of aryl methyl sites for hydroxylation is 1. The predicted octanol–water partition coefficient (Wildman–Crippen LogP) is 2.75. The molecule has 1 aromatic carbocycles. The molecule has 4 nitrogen and oxygen atoms in total. The van der Waals surface area contributed by atoms with E-state index in [9.17, 15) is 4.79 Å². The largest absolute Gasteiger partial charge is 0.365 e. The number of nitrogens with zero attached hydrogens (tertiary/aromatic N) is 1. The Morgan fingerprint density at radius 2 is 2.00 bits per heavy atom. The van der Waals surface area contributed by atoms with Crippen molar-refractivity contribution >= 4 is 28.1 Å². The number of hydrogen-bond donors (Lipinski definition) is 2. The summed E-state index contributed by atoms with van der Waals surface area (Å²) in [6.07, 6.45) is 0. The van der Waals surface area contributed by atoms with Gasteiger partial charge in [-0.3, -0.25) is 4.79 Å². The summed E-state index contributed by atoms with van der Waals surface area (Å²) in [5.41, 5.74) is 1.53. The summed E-state index contributed by atoms with van der Waals surface area (Å²) in [6, 6.07) is 9.38. The fourth-order valence-corrected chi connectivity index (χ4v) is 2.24. The van der Waals surface area contributed by atoms with Gasteiger partial charge in [0.05, 0.1) is 5.69 Å². The van der Waals surface area contributed by atoms with Crippen LogP contribution in [-0.2, 0) is 0 Å². The Morgan fingerprint density at radius 3 is 2.59 bits per heavy atom. The van der Waals surface area contributed by atoms with Crippen LogP contribution in [0.3, 0.4) is 0 Å². The van der Waals surface area contributed by atoms with Crippen molar-refractivity contribution in [3.8, 4) is 0 Å². The molecule has 0 saturated heterocycles. The smallest absolute Gasteiger partial charge is 0.267 e. The molecule has 1 aromatic heterocycles. The molecule has 0 aliphatic heterocycles. The summed E-state index contributed by atoms with van der Waals surface area (Å²) >= 11 is 1.35. The predicted molar refractivity (Wildman–Crippen MR) is 70.8 cm³/mol. The number of amides is 1. The van der Waals surface area contributed by atoms with E-state index in [0.29, 0.717) is 4.88 Å². The molecule has 17 heavy (non-hydrogen) atoms. The lowest BCUT2D eigenvalue weighted by Gasteiger charge is -2.02. The molecular formula is C12H13N3OS. The molecule has 1 amide bonds. The molecule has 0 unspecified atom stereocenters. The van der Waals surface area contributed by atoms with E-state index in [0.717, 1.165) is 16.5 Å². The Morgan fingerprint density at radius 1 is 1.29 bits per heavy atom. The van der Waals surface area contributed by atoms with Crippen LogP contribution >= 0.6 is 11.3 Å². The molecule has 5 heteroatoms. The molecule has 0 atom stereocenters. The molecule has 0 radical (unpaired) electrons. The van der Waals surface area contributed by atoms with Crippen molar-refractivity contribution in [2.24, 2.45) is 0 Å². The number of anilines is 2. The van der Waals surface area contributed by atoms with Crippen molar-refractivity contribution in [3.05, 3.63) is 40.9 Å². The second-order valence-corrected chi connectivity index (χ2v) is 4.50. The van der Waals surface area contributed by atoms with Crippen LogP contribution < -0.4 is 10.6 Å². The number of hydrogen-bond acceptors (Lipinski definition) is 4. The van der Waals surface area contributed by atoms with Crippen molar-refractivity contribution < 1.29 is 4.79 Å². The second-order valence-electron chi connectivity index (χ2n) is 3.50. The third kappa shape index (κ3) is 2.62. The fourth-order valence-electron chi connectivity index (χ4n) is 1.42. The molecule has 0 aliphatic carbocycles. The molecule has 2 N–H and O–H groups in total. The van der Waals surface area contributed by atoms with Crippen LogP contribution in [0.4, 0.5) is 10.8 Å². The first-order valence-corrected chi connectivity index (χ1v) is 6.04. The van der Waals surface area contributed by atoms with Gasteiger partial charge < -0.3 is 10.6 Å². The minimum atomic E-state index is -0.118. The average molecular weight is 247 g/mol. The van der Waals surface area contributed by atoms with Crippen LogP contribution in [0.25, 0.3) is 0 Å². The highest BCUT2D eigenvalue weighted by Gasteiger charge is 2.14. The Balaban J connectivity index is 2.17. The van der Waals surface area contributed by atoms with Crippen molar-refractivity contribution in [1.29, 1.82) is 0 Å². The number of rotatable bonds is 3. The lowest BCUT2D eigenvalue weighted by Crippen LogP contribution is -2.11. The molecule has 2 aromatic rings. The summed E-state index contributed by atoms with van der Waals surface area (Å²) in [7, 11) is 1.79. The van der Waals surface area contributed by atoms with Gasteiger partial charge in [0.25, 0.3) is 5.91 Å². The van der Waals surface area contributed by atoms with Crippen LogP contribution in [-0.4, -0.2) is 17.9 Å². The number of benzene rings is 1. The number of aromatic nitrogens is 1. The van der Waals surface area contributed by atoms with Crippen LogP contribution in [0.2, 0.25) is 0 Å². The van der Waals surface area contributed by atoms with E-state index in [4.69, 9.17) is 0 Å². The van der Waals surface area contributed by atoms with Gasteiger partial charge in [-0.05, 0) is 19.1 Å². The Labute approximate surface area is 104 Å². The van der Waals surface area contributed by atoms with E-state index in [-0.39, 0.29) is 5.91 Å². The highest BCUT2D eigenvalue weighted by atomic mass is 32.1. The highest BCUT2D eigenvalue weighted by molar-refractivity contribution is 7.17. The van der Waals surface area contributed by atoms with Crippen LogP contribution in [0, 0.1) is 6.92 Å². The first kappa shape index (κ1) is 11.6. The zero-order valence-electron chi connectivity index (χ0n) is 9.65. The lowest BCUT2D eigenvalue weighted by molar-refractivity contribution is 0.103. The van der Waals surface area contributed by atoms with Gasteiger partial charge in [-0.2, -0.15) is 0 Å². The van der Waals surface area contributed by atoms with Crippen molar-refractivity contribution in [3.63, 3.8) is 0 Å². The van der Waals surface area contributed by atoms with Crippen LogP contribution in [0.15, 0.2) is 30.3 Å². The highest BCUT2D eigenvalue weighted by Crippen LogP contribution is 2.23. The maximum Gasteiger partial charge on any atom is 0.267 e. The average Bonchev–Trinajstić information content (AvgIpc) is 2.72. The molecule has 88 valence electrons. The van der Waals surface area contributed by atoms with Gasteiger partial charge in [0.1, 0.15) is 4.88 Å². The zero-order valence-corrected chi connectivity index (χ0v) is 10.5. The monoisotopic (exact) mass is 247 g/mol. The minimum absolute atomic E-state index is 0.118. The van der Waals surface area contributed by atoms with E-state index in [1.165, 1.54) is 11.3 Å². The molecule has 1 heterocycles. The van der Waals surface area contributed by atoms with Gasteiger partial charge in [-0.25, -0.2) is 4.98 Å². The Kier molecular flexibility index (Phi) is 3.39. The summed E-state index contributed by atoms with van der Waals surface area (Å²) in [4.78, 5) is 16.9. The van der Waals surface area contributed by atoms with Crippen molar-refractivity contribution in [2.45, 2.75) is 6.92 Å². The van der Waals surface area contributed by atoms with Gasteiger partial charge in [-0.15, -0.1) is 0 Å². The SMILES string of the molecule is CNc1nc(C)c(C(=O)Nc2ccccc2)s1. The minimum Gasteiger partial charge on any atom is -0.365 e. The van der Waals surface area contributed by atoms with Gasteiger partial charge >= 0.3 is 0 Å². The quantitative estimate of drug-likeness (QED) is 0.876. The number of thiazole rings is 1. The fraction of sp³-hybridized carbons (Fsp3) is 0.167. The summed E-state index contributed by atoms with van der Waals surface area (Å²) < 4.78 is 0. The summed E-state index contributed by atoms with van der Waals surface area (Å²) in [5.74, 6) is -0.118. The Bertz CT molecular complexity index is 522. The van der Waals surface area contributed by atoms with Crippen molar-refractivity contribution in [1.82, 2.24) is 4.98 Å². The molecule has 0 fully saturated rings. The molecule has 0 bridgehead atoms. The number of carbonyl (C=O) groups excluding carboxylic acids is 1. The van der Waals surface area contributed by atoms with E-state index < -0.39 is 0 Å². The summed E-state index contributed by atoms with van der Waals surface area (Å²) in [6.45, 7) is 1.83. The van der Waals surface area contributed by atoms with E-state index in [1.54, 1.807) is 7.05 Å². The number of carbonyl (C=O) groups is 1. The van der Waals surface area contributed by atoms with E-state index in [2.05, 4.69) is 15.6 Å². The van der Waals surface area contributed by atoms with E-state index in [1.807, 2.05) is 37.3 Å². The second kappa shape index (κ2) is 4.97. The van der Waals surface area contributed by atoms with Crippen LogP contribution in [0.5, 0.6) is 0 Å². The summed E-state index contributed by atoms with van der Waals surface area (Å²) in [5, 5.41) is 6.53. The van der Waals surface area contributed by atoms with Gasteiger partial charge in [0.2, 0.25) is 0 Å².